The van der Waals surface area contributed by atoms with Crippen LogP contribution < -0.4 is 0 Å². The summed E-state index contributed by atoms with van der Waals surface area (Å²) in [5.41, 5.74) is 2.99. The molecule has 0 bridgehead atoms. The predicted octanol–water partition coefficient (Wildman–Crippen LogP) is 4.68. The average Bonchev–Trinajstić information content (AvgIpc) is 3.15. The normalized spacial score (nSPS) is 13.0. The number of aromatic nitrogens is 3. The van der Waals surface area contributed by atoms with E-state index in [-0.39, 0.29) is 6.10 Å². The van der Waals surface area contributed by atoms with Gasteiger partial charge in [-0.2, -0.15) is 5.10 Å². The van der Waals surface area contributed by atoms with E-state index in [1.54, 1.807) is 16.0 Å². The Morgan fingerprint density at radius 2 is 2.04 bits per heavy atom. The number of hydrogen-bond acceptors (Lipinski definition) is 4. The molecule has 4 nitrogen and oxygen atoms in total. The van der Waals surface area contributed by atoms with E-state index in [9.17, 15) is 5.11 Å². The van der Waals surface area contributed by atoms with Crippen LogP contribution in [0.3, 0.4) is 0 Å². The number of nitrogens with zero attached hydrogens (tertiary/aromatic N) is 3. The first-order valence-electron chi connectivity index (χ1n) is 8.15. The van der Waals surface area contributed by atoms with Crippen LogP contribution in [0.5, 0.6) is 0 Å². The second kappa shape index (κ2) is 6.00. The van der Waals surface area contributed by atoms with Gasteiger partial charge in [-0.05, 0) is 35.6 Å². The molecule has 0 aliphatic rings. The molecule has 122 valence electrons. The van der Waals surface area contributed by atoms with Gasteiger partial charge in [-0.3, -0.25) is 4.68 Å². The first kappa shape index (κ1) is 15.3. The van der Waals surface area contributed by atoms with Gasteiger partial charge in [0.1, 0.15) is 0 Å². The summed E-state index contributed by atoms with van der Waals surface area (Å²) in [5.74, 6) is 0. The summed E-state index contributed by atoms with van der Waals surface area (Å²) >= 11 is 1.68. The maximum atomic E-state index is 10.2. The molecule has 1 N–H and O–H groups in total. The van der Waals surface area contributed by atoms with Crippen molar-refractivity contribution in [3.63, 3.8) is 0 Å². The van der Waals surface area contributed by atoms with Crippen LogP contribution in [-0.4, -0.2) is 19.9 Å². The maximum Gasteiger partial charge on any atom is 0.181 e. The molecule has 0 aliphatic carbocycles. The van der Waals surface area contributed by atoms with E-state index in [4.69, 9.17) is 0 Å². The highest BCUT2D eigenvalue weighted by molar-refractivity contribution is 7.19. The van der Waals surface area contributed by atoms with Gasteiger partial charge in [0, 0.05) is 40.0 Å². The van der Waals surface area contributed by atoms with Crippen molar-refractivity contribution in [2.45, 2.75) is 25.9 Å². The molecule has 0 fully saturated rings. The standard InChI is InChI=1S/C19H19N3OS/c1-3-4-16(23)18-9-13-6-5-12(8-17(13)24-18)14-7-15-11-22(2)21-19(15)20-10-14/h5-11,16,23H,3-4H2,1-2H3/t16-/m0/s1. The number of benzene rings is 1. The van der Waals surface area contributed by atoms with Crippen molar-refractivity contribution in [1.29, 1.82) is 0 Å². The Balaban J connectivity index is 1.75. The monoisotopic (exact) mass is 337 g/mol. The number of aliphatic hydroxyl groups is 1. The first-order valence-corrected chi connectivity index (χ1v) is 8.97. The Bertz CT molecular complexity index is 1020. The van der Waals surface area contributed by atoms with Crippen LogP contribution in [0.4, 0.5) is 0 Å². The van der Waals surface area contributed by atoms with Crippen molar-refractivity contribution in [3.8, 4) is 11.1 Å². The largest absolute Gasteiger partial charge is 0.388 e. The smallest absolute Gasteiger partial charge is 0.181 e. The van der Waals surface area contributed by atoms with Crippen LogP contribution in [-0.2, 0) is 7.05 Å². The topological polar surface area (TPSA) is 50.9 Å². The summed E-state index contributed by atoms with van der Waals surface area (Å²) in [6.07, 6.45) is 5.29. The number of aryl methyl sites for hydroxylation is 1. The van der Waals surface area contributed by atoms with E-state index in [2.05, 4.69) is 47.3 Å². The van der Waals surface area contributed by atoms with Crippen LogP contribution in [0.25, 0.3) is 32.2 Å². The Labute approximate surface area is 144 Å². The van der Waals surface area contributed by atoms with Gasteiger partial charge in [-0.25, -0.2) is 4.98 Å². The molecule has 0 aliphatic heterocycles. The van der Waals surface area contributed by atoms with E-state index in [1.807, 2.05) is 19.4 Å². The van der Waals surface area contributed by atoms with E-state index >= 15 is 0 Å². The lowest BCUT2D eigenvalue weighted by Crippen LogP contribution is -1.91. The van der Waals surface area contributed by atoms with Crippen molar-refractivity contribution < 1.29 is 5.11 Å². The molecule has 3 heterocycles. The number of thiophene rings is 1. The van der Waals surface area contributed by atoms with E-state index in [1.165, 1.54) is 10.1 Å². The highest BCUT2D eigenvalue weighted by Crippen LogP contribution is 2.34. The maximum absolute atomic E-state index is 10.2. The van der Waals surface area contributed by atoms with Gasteiger partial charge in [0.05, 0.1) is 6.10 Å². The van der Waals surface area contributed by atoms with Gasteiger partial charge in [0.25, 0.3) is 0 Å². The molecular formula is C19H19N3OS. The first-order chi connectivity index (χ1) is 11.6. The minimum Gasteiger partial charge on any atom is -0.388 e. The zero-order valence-corrected chi connectivity index (χ0v) is 14.5. The lowest BCUT2D eigenvalue weighted by Gasteiger charge is -2.04. The van der Waals surface area contributed by atoms with E-state index in [0.29, 0.717) is 0 Å². The number of pyridine rings is 1. The lowest BCUT2D eigenvalue weighted by molar-refractivity contribution is 0.170. The molecule has 4 rings (SSSR count). The summed E-state index contributed by atoms with van der Waals surface area (Å²) in [4.78, 5) is 5.49. The summed E-state index contributed by atoms with van der Waals surface area (Å²) in [6, 6.07) is 10.6. The molecule has 0 spiro atoms. The summed E-state index contributed by atoms with van der Waals surface area (Å²) in [7, 11) is 1.90. The number of fused-ring (bicyclic) bond motifs is 2. The zero-order valence-electron chi connectivity index (χ0n) is 13.7. The molecule has 3 aromatic heterocycles. The quantitative estimate of drug-likeness (QED) is 0.588. The fourth-order valence-corrected chi connectivity index (χ4v) is 4.13. The van der Waals surface area contributed by atoms with Crippen molar-refractivity contribution in [3.05, 3.63) is 47.6 Å². The summed E-state index contributed by atoms with van der Waals surface area (Å²) in [5, 5.41) is 16.8. The number of aliphatic hydroxyl groups excluding tert-OH is 1. The fourth-order valence-electron chi connectivity index (χ4n) is 3.00. The molecule has 0 saturated carbocycles. The number of hydrogen-bond donors (Lipinski definition) is 1. The van der Waals surface area contributed by atoms with Gasteiger partial charge in [-0.1, -0.05) is 25.5 Å². The van der Waals surface area contributed by atoms with Crippen molar-refractivity contribution >= 4 is 32.5 Å². The molecule has 0 amide bonds. The second-order valence-corrected chi connectivity index (χ2v) is 7.26. The Morgan fingerprint density at radius 3 is 2.88 bits per heavy atom. The summed E-state index contributed by atoms with van der Waals surface area (Å²) in [6.45, 7) is 2.09. The lowest BCUT2D eigenvalue weighted by atomic mass is 10.1. The average molecular weight is 337 g/mol. The third-order valence-electron chi connectivity index (χ3n) is 4.24. The Hall–Kier alpha value is -2.24. The van der Waals surface area contributed by atoms with E-state index in [0.717, 1.165) is 39.9 Å². The fraction of sp³-hybridized carbons (Fsp3) is 0.263. The van der Waals surface area contributed by atoms with E-state index < -0.39 is 0 Å². The second-order valence-electron chi connectivity index (χ2n) is 6.15. The van der Waals surface area contributed by atoms with Gasteiger partial charge >= 0.3 is 0 Å². The van der Waals surface area contributed by atoms with Gasteiger partial charge in [0.15, 0.2) is 5.65 Å². The number of rotatable bonds is 4. The van der Waals surface area contributed by atoms with Crippen LogP contribution in [0.2, 0.25) is 0 Å². The predicted molar refractivity (Wildman–Crippen MR) is 99.2 cm³/mol. The third-order valence-corrected chi connectivity index (χ3v) is 5.44. The van der Waals surface area contributed by atoms with Crippen LogP contribution in [0, 0.1) is 0 Å². The minimum absolute atomic E-state index is 0.357. The Morgan fingerprint density at radius 1 is 1.17 bits per heavy atom. The molecule has 0 saturated heterocycles. The Kier molecular flexibility index (Phi) is 3.82. The molecular weight excluding hydrogens is 318 g/mol. The molecule has 24 heavy (non-hydrogen) atoms. The van der Waals surface area contributed by atoms with Gasteiger partial charge in [0.2, 0.25) is 0 Å². The van der Waals surface area contributed by atoms with Crippen molar-refractivity contribution in [1.82, 2.24) is 14.8 Å². The molecule has 0 radical (unpaired) electrons. The van der Waals surface area contributed by atoms with Crippen LogP contribution >= 0.6 is 11.3 Å². The van der Waals surface area contributed by atoms with Gasteiger partial charge < -0.3 is 5.11 Å². The highest BCUT2D eigenvalue weighted by atomic mass is 32.1. The van der Waals surface area contributed by atoms with Gasteiger partial charge in [-0.15, -0.1) is 11.3 Å². The SMILES string of the molecule is CCC[C@H](O)c1cc2ccc(-c3cnc4nn(C)cc4c3)cc2s1. The zero-order chi connectivity index (χ0) is 16.7. The molecule has 4 aromatic rings. The van der Waals surface area contributed by atoms with Crippen LogP contribution in [0.1, 0.15) is 30.7 Å². The van der Waals surface area contributed by atoms with Crippen molar-refractivity contribution in [2.75, 3.05) is 0 Å². The highest BCUT2D eigenvalue weighted by Gasteiger charge is 2.11. The van der Waals surface area contributed by atoms with Crippen molar-refractivity contribution in [2.24, 2.45) is 7.05 Å². The minimum atomic E-state index is -0.357. The molecule has 1 atom stereocenters. The molecule has 5 heteroatoms. The molecule has 1 aromatic carbocycles. The third kappa shape index (κ3) is 2.70. The summed E-state index contributed by atoms with van der Waals surface area (Å²) < 4.78 is 2.98. The molecule has 0 unspecified atom stereocenters. The van der Waals surface area contributed by atoms with Crippen LogP contribution in [0.15, 0.2) is 42.7 Å².